The third kappa shape index (κ3) is 3.36. The fraction of sp³-hybridized carbons (Fsp3) is 0.368. The van der Waals surface area contributed by atoms with Gasteiger partial charge >= 0.3 is 5.97 Å². The number of aryl methyl sites for hydroxylation is 2. The predicted octanol–water partition coefficient (Wildman–Crippen LogP) is 4.57. The van der Waals surface area contributed by atoms with Crippen LogP contribution in [0.3, 0.4) is 0 Å². The van der Waals surface area contributed by atoms with E-state index in [-0.39, 0.29) is 11.7 Å². The molecule has 0 bridgehead atoms. The summed E-state index contributed by atoms with van der Waals surface area (Å²) in [5, 5.41) is 10.7. The van der Waals surface area contributed by atoms with Crippen molar-refractivity contribution in [1.82, 2.24) is 0 Å². The van der Waals surface area contributed by atoms with Gasteiger partial charge in [0.2, 0.25) is 0 Å². The molecule has 1 aliphatic rings. The molecule has 5 heteroatoms. The van der Waals surface area contributed by atoms with E-state index in [2.05, 4.69) is 4.99 Å². The molecule has 0 aliphatic heterocycles. The van der Waals surface area contributed by atoms with Gasteiger partial charge in [0, 0.05) is 16.7 Å². The first-order valence-corrected chi connectivity index (χ1v) is 9.07. The lowest BCUT2D eigenvalue weighted by atomic mass is 9.95. The van der Waals surface area contributed by atoms with E-state index in [1.807, 2.05) is 26.0 Å². The lowest BCUT2D eigenvalue weighted by Gasteiger charge is -2.11. The monoisotopic (exact) mass is 343 g/mol. The summed E-state index contributed by atoms with van der Waals surface area (Å²) in [7, 11) is 0. The van der Waals surface area contributed by atoms with Crippen molar-refractivity contribution in [3.8, 4) is 5.75 Å². The van der Waals surface area contributed by atoms with Crippen molar-refractivity contribution >= 4 is 28.5 Å². The molecule has 0 saturated carbocycles. The van der Waals surface area contributed by atoms with Crippen molar-refractivity contribution in [3.63, 3.8) is 0 Å². The average molecular weight is 343 g/mol. The number of aliphatic imine (C=N–C) groups is 1. The molecule has 1 aromatic heterocycles. The summed E-state index contributed by atoms with van der Waals surface area (Å²) in [5.74, 6) is -0.102. The van der Waals surface area contributed by atoms with Crippen molar-refractivity contribution in [1.29, 1.82) is 0 Å². The predicted molar refractivity (Wildman–Crippen MR) is 97.0 cm³/mol. The van der Waals surface area contributed by atoms with Gasteiger partial charge in [-0.25, -0.2) is 9.79 Å². The number of hydrogen-bond acceptors (Lipinski definition) is 5. The van der Waals surface area contributed by atoms with Gasteiger partial charge in [0.25, 0.3) is 0 Å². The molecule has 1 aromatic carbocycles. The van der Waals surface area contributed by atoms with Crippen LogP contribution in [-0.2, 0) is 17.6 Å². The number of aromatic hydroxyl groups is 1. The number of carbonyl (C=O) groups is 1. The van der Waals surface area contributed by atoms with Crippen LogP contribution >= 0.6 is 11.3 Å². The largest absolute Gasteiger partial charge is 0.507 e. The molecule has 2 aromatic rings. The highest BCUT2D eigenvalue weighted by Gasteiger charge is 2.26. The van der Waals surface area contributed by atoms with Crippen molar-refractivity contribution in [2.75, 3.05) is 6.61 Å². The van der Waals surface area contributed by atoms with Crippen molar-refractivity contribution in [2.24, 2.45) is 4.99 Å². The van der Waals surface area contributed by atoms with Gasteiger partial charge in [-0.3, -0.25) is 0 Å². The minimum atomic E-state index is -0.294. The summed E-state index contributed by atoms with van der Waals surface area (Å²) < 4.78 is 5.23. The molecule has 0 atom stereocenters. The van der Waals surface area contributed by atoms with Gasteiger partial charge in [0.05, 0.1) is 12.2 Å². The van der Waals surface area contributed by atoms with Crippen LogP contribution in [0.4, 0.5) is 5.00 Å². The van der Waals surface area contributed by atoms with Gasteiger partial charge in [-0.1, -0.05) is 6.07 Å². The number of ether oxygens (including phenoxy) is 1. The van der Waals surface area contributed by atoms with Gasteiger partial charge in [0.1, 0.15) is 10.8 Å². The Morgan fingerprint density at radius 2 is 2.17 bits per heavy atom. The van der Waals surface area contributed by atoms with Crippen LogP contribution in [0.2, 0.25) is 0 Å². The first kappa shape index (κ1) is 16.7. The SMILES string of the molecule is CCOC(=O)c1c(/N=C/c2ccc(C)cc2O)sc2c1CCCC2. The van der Waals surface area contributed by atoms with E-state index in [9.17, 15) is 9.90 Å². The summed E-state index contributed by atoms with van der Waals surface area (Å²) in [5.41, 5.74) is 3.34. The Kier molecular flexibility index (Phi) is 5.00. The molecule has 0 saturated heterocycles. The fourth-order valence-electron chi connectivity index (χ4n) is 2.95. The maximum Gasteiger partial charge on any atom is 0.341 e. The van der Waals surface area contributed by atoms with Crippen LogP contribution in [-0.4, -0.2) is 23.9 Å². The quantitative estimate of drug-likeness (QED) is 0.653. The molecule has 0 spiro atoms. The molecule has 1 heterocycles. The number of phenolic OH excluding ortho intramolecular Hbond substituents is 1. The van der Waals surface area contributed by atoms with Crippen LogP contribution in [0.15, 0.2) is 23.2 Å². The van der Waals surface area contributed by atoms with Crippen LogP contribution in [0.5, 0.6) is 5.75 Å². The number of nitrogens with zero attached hydrogens (tertiary/aromatic N) is 1. The first-order valence-electron chi connectivity index (χ1n) is 8.25. The molecule has 24 heavy (non-hydrogen) atoms. The van der Waals surface area contributed by atoms with Gasteiger partial charge in [-0.15, -0.1) is 11.3 Å². The van der Waals surface area contributed by atoms with E-state index in [1.54, 1.807) is 23.6 Å². The third-order valence-corrected chi connectivity index (χ3v) is 5.34. The third-order valence-electron chi connectivity index (χ3n) is 4.14. The zero-order valence-corrected chi connectivity index (χ0v) is 14.8. The molecular weight excluding hydrogens is 322 g/mol. The molecule has 0 fully saturated rings. The topological polar surface area (TPSA) is 58.9 Å². The van der Waals surface area contributed by atoms with Crippen molar-refractivity contribution in [3.05, 3.63) is 45.3 Å². The fourth-order valence-corrected chi connectivity index (χ4v) is 4.17. The Morgan fingerprint density at radius 3 is 2.92 bits per heavy atom. The number of rotatable bonds is 4. The van der Waals surface area contributed by atoms with E-state index >= 15 is 0 Å². The number of benzene rings is 1. The number of carbonyl (C=O) groups excluding carboxylic acids is 1. The number of fused-ring (bicyclic) bond motifs is 1. The summed E-state index contributed by atoms with van der Waals surface area (Å²) in [4.78, 5) is 18.1. The van der Waals surface area contributed by atoms with Gasteiger partial charge in [-0.2, -0.15) is 0 Å². The zero-order valence-electron chi connectivity index (χ0n) is 14.0. The maximum atomic E-state index is 12.4. The minimum Gasteiger partial charge on any atom is -0.507 e. The molecule has 1 aliphatic carbocycles. The Morgan fingerprint density at radius 1 is 1.38 bits per heavy atom. The second-order valence-corrected chi connectivity index (χ2v) is 7.02. The minimum absolute atomic E-state index is 0.192. The highest BCUT2D eigenvalue weighted by atomic mass is 32.1. The molecule has 1 N–H and O–H groups in total. The Bertz CT molecular complexity index is 792. The van der Waals surface area contributed by atoms with Crippen LogP contribution in [0.1, 0.15) is 51.7 Å². The highest BCUT2D eigenvalue weighted by molar-refractivity contribution is 7.16. The maximum absolute atomic E-state index is 12.4. The second kappa shape index (κ2) is 7.18. The van der Waals surface area contributed by atoms with Crippen LogP contribution in [0, 0.1) is 6.92 Å². The normalized spacial score (nSPS) is 13.9. The number of hydrogen-bond donors (Lipinski definition) is 1. The van der Waals surface area contributed by atoms with Gasteiger partial charge < -0.3 is 9.84 Å². The Balaban J connectivity index is 1.99. The van der Waals surface area contributed by atoms with E-state index in [0.717, 1.165) is 36.8 Å². The molecule has 0 radical (unpaired) electrons. The lowest BCUT2D eigenvalue weighted by Crippen LogP contribution is -2.09. The van der Waals surface area contributed by atoms with Crippen LogP contribution in [0.25, 0.3) is 0 Å². The summed E-state index contributed by atoms with van der Waals surface area (Å²) in [6, 6.07) is 5.45. The van der Waals surface area contributed by atoms with Crippen molar-refractivity contribution < 1.29 is 14.6 Å². The van der Waals surface area contributed by atoms with E-state index < -0.39 is 0 Å². The van der Waals surface area contributed by atoms with Crippen molar-refractivity contribution in [2.45, 2.75) is 39.5 Å². The number of phenols is 1. The lowest BCUT2D eigenvalue weighted by molar-refractivity contribution is 0.0526. The Labute approximate surface area is 145 Å². The molecule has 0 amide bonds. The Hall–Kier alpha value is -2.14. The number of esters is 1. The van der Waals surface area contributed by atoms with E-state index in [1.165, 1.54) is 4.88 Å². The van der Waals surface area contributed by atoms with Gasteiger partial charge in [0.15, 0.2) is 0 Å². The second-order valence-electron chi connectivity index (χ2n) is 5.93. The molecule has 0 unspecified atom stereocenters. The summed E-state index contributed by atoms with van der Waals surface area (Å²) in [6.45, 7) is 4.09. The first-order chi connectivity index (χ1) is 11.6. The molecule has 3 rings (SSSR count). The van der Waals surface area contributed by atoms with Gasteiger partial charge in [-0.05, 0) is 62.8 Å². The molecule has 4 nitrogen and oxygen atoms in total. The zero-order chi connectivity index (χ0) is 17.1. The molecular formula is C19H21NO3S. The standard InChI is InChI=1S/C19H21NO3S/c1-3-23-19(22)17-14-6-4-5-7-16(14)24-18(17)20-11-13-9-8-12(2)10-15(13)21/h8-11,21H,3-7H2,1-2H3/b20-11+. The average Bonchev–Trinajstić information content (AvgIpc) is 2.92. The van der Waals surface area contributed by atoms with E-state index in [4.69, 9.17) is 4.74 Å². The smallest absolute Gasteiger partial charge is 0.341 e. The van der Waals surface area contributed by atoms with E-state index in [0.29, 0.717) is 22.7 Å². The number of thiophene rings is 1. The molecule has 126 valence electrons. The highest BCUT2D eigenvalue weighted by Crippen LogP contribution is 2.40. The summed E-state index contributed by atoms with van der Waals surface area (Å²) >= 11 is 1.56. The van der Waals surface area contributed by atoms with Crippen LogP contribution < -0.4 is 0 Å². The summed E-state index contributed by atoms with van der Waals surface area (Å²) in [6.07, 6.45) is 5.77.